The minimum absolute atomic E-state index is 0.0216. The summed E-state index contributed by atoms with van der Waals surface area (Å²) in [7, 11) is -1.30. The molecule has 1 aliphatic rings. The molecule has 1 rings (SSSR count). The van der Waals surface area contributed by atoms with E-state index in [1.165, 1.54) is 6.20 Å². The number of hydrogen-bond acceptors (Lipinski definition) is 5. The van der Waals surface area contributed by atoms with Crippen LogP contribution in [0.15, 0.2) is 11.8 Å². The van der Waals surface area contributed by atoms with Crippen molar-refractivity contribution in [1.82, 2.24) is 10.2 Å². The third-order valence-electron chi connectivity index (χ3n) is 2.97. The molecule has 1 N–H and O–H groups in total. The fourth-order valence-electron chi connectivity index (χ4n) is 1.95. The highest BCUT2D eigenvalue weighted by Crippen LogP contribution is 2.17. The van der Waals surface area contributed by atoms with Crippen molar-refractivity contribution in [2.75, 3.05) is 18.6 Å². The molecule has 1 heterocycles. The Bertz CT molecular complexity index is 552. The van der Waals surface area contributed by atoms with Crippen molar-refractivity contribution in [3.63, 3.8) is 0 Å². The largest absolute Gasteiger partial charge is 0.375 e. The minimum atomic E-state index is -2.99. The topological polar surface area (TPSA) is 90.3 Å². The number of rotatable bonds is 3. The van der Waals surface area contributed by atoms with E-state index in [0.29, 0.717) is 6.42 Å². The summed E-state index contributed by atoms with van der Waals surface area (Å²) in [5.74, 6) is -0.224. The third kappa shape index (κ3) is 4.85. The average Bonchev–Trinajstić information content (AvgIpc) is 2.63. The van der Waals surface area contributed by atoms with Gasteiger partial charge < -0.3 is 10.2 Å². The molecule has 0 saturated carbocycles. The average molecular weight is 299 g/mol. The number of nitrogens with one attached hydrogen (secondary N) is 1. The molecule has 1 aliphatic heterocycles. The Morgan fingerprint density at radius 3 is 2.45 bits per heavy atom. The summed E-state index contributed by atoms with van der Waals surface area (Å²) in [6.07, 6.45) is 1.95. The summed E-state index contributed by atoms with van der Waals surface area (Å²) in [5.41, 5.74) is -0.450. The zero-order chi connectivity index (χ0) is 15.6. The number of amides is 1. The number of nitrogens with zero attached hydrogens (tertiary/aromatic N) is 2. The predicted molar refractivity (Wildman–Crippen MR) is 76.4 cm³/mol. The van der Waals surface area contributed by atoms with Crippen LogP contribution in [0.4, 0.5) is 0 Å². The third-order valence-corrected chi connectivity index (χ3v) is 4.72. The zero-order valence-electron chi connectivity index (χ0n) is 12.3. The highest BCUT2D eigenvalue weighted by atomic mass is 32.2. The Balaban J connectivity index is 2.80. The second-order valence-corrected chi connectivity index (χ2v) is 8.31. The first-order valence-electron chi connectivity index (χ1n) is 6.41. The van der Waals surface area contributed by atoms with E-state index >= 15 is 0 Å². The van der Waals surface area contributed by atoms with Gasteiger partial charge in [0.15, 0.2) is 9.84 Å². The summed E-state index contributed by atoms with van der Waals surface area (Å²) in [6.45, 7) is 5.48. The fraction of sp³-hybridized carbons (Fsp3) is 0.692. The van der Waals surface area contributed by atoms with Crippen molar-refractivity contribution in [1.29, 1.82) is 5.26 Å². The molecule has 0 radical (unpaired) electrons. The molecule has 1 saturated heterocycles. The van der Waals surface area contributed by atoms with Crippen LogP contribution < -0.4 is 5.32 Å². The number of carbonyl (C=O) groups excluding carboxylic acids is 1. The Hall–Kier alpha value is -1.55. The second-order valence-electron chi connectivity index (χ2n) is 6.08. The first kappa shape index (κ1) is 16.5. The molecule has 0 bridgehead atoms. The van der Waals surface area contributed by atoms with Crippen LogP contribution in [0.25, 0.3) is 0 Å². The van der Waals surface area contributed by atoms with Crippen molar-refractivity contribution in [3.05, 3.63) is 11.8 Å². The van der Waals surface area contributed by atoms with E-state index in [9.17, 15) is 13.2 Å². The Morgan fingerprint density at radius 1 is 1.45 bits per heavy atom. The lowest BCUT2D eigenvalue weighted by molar-refractivity contribution is -0.118. The van der Waals surface area contributed by atoms with Gasteiger partial charge in [0.2, 0.25) is 0 Å². The smallest absolute Gasteiger partial charge is 0.263 e. The summed E-state index contributed by atoms with van der Waals surface area (Å²) in [6, 6.07) is 1.68. The summed E-state index contributed by atoms with van der Waals surface area (Å²) < 4.78 is 22.9. The first-order chi connectivity index (χ1) is 9.04. The number of hydrogen-bond donors (Lipinski definition) is 1. The van der Waals surface area contributed by atoms with Crippen LogP contribution in [0.3, 0.4) is 0 Å². The van der Waals surface area contributed by atoms with Crippen molar-refractivity contribution in [3.8, 4) is 6.07 Å². The van der Waals surface area contributed by atoms with Crippen molar-refractivity contribution in [2.45, 2.75) is 38.8 Å². The van der Waals surface area contributed by atoms with E-state index in [1.807, 2.05) is 26.8 Å². The lowest BCUT2D eigenvalue weighted by atomic mass is 10.1. The molecule has 1 atom stereocenters. The first-order valence-corrected chi connectivity index (χ1v) is 8.23. The van der Waals surface area contributed by atoms with E-state index in [0.717, 1.165) is 0 Å². The zero-order valence-corrected chi connectivity index (χ0v) is 13.1. The van der Waals surface area contributed by atoms with Gasteiger partial charge in [0.1, 0.15) is 11.6 Å². The van der Waals surface area contributed by atoms with Gasteiger partial charge in [0.25, 0.3) is 5.91 Å². The molecule has 0 aromatic heterocycles. The Morgan fingerprint density at radius 2 is 2.05 bits per heavy atom. The normalized spacial score (nSPS) is 22.1. The minimum Gasteiger partial charge on any atom is -0.375 e. The lowest BCUT2D eigenvalue weighted by Crippen LogP contribution is -2.41. The molecular weight excluding hydrogens is 278 g/mol. The van der Waals surface area contributed by atoms with Gasteiger partial charge in [-0.15, -0.1) is 0 Å². The molecule has 1 unspecified atom stereocenters. The Labute approximate surface area is 120 Å². The van der Waals surface area contributed by atoms with Gasteiger partial charge >= 0.3 is 0 Å². The molecule has 20 heavy (non-hydrogen) atoms. The van der Waals surface area contributed by atoms with Crippen LogP contribution in [0.2, 0.25) is 0 Å². The van der Waals surface area contributed by atoms with Gasteiger partial charge in [-0.1, -0.05) is 0 Å². The van der Waals surface area contributed by atoms with Gasteiger partial charge in [-0.2, -0.15) is 5.26 Å². The molecule has 6 nitrogen and oxygen atoms in total. The fourth-order valence-corrected chi connectivity index (χ4v) is 3.74. The molecule has 0 aromatic rings. The molecule has 0 aromatic carbocycles. The molecule has 112 valence electrons. The van der Waals surface area contributed by atoms with Crippen LogP contribution in [0.1, 0.15) is 27.2 Å². The van der Waals surface area contributed by atoms with Gasteiger partial charge in [-0.3, -0.25) is 4.79 Å². The predicted octanol–water partition coefficient (Wildman–Crippen LogP) is 0.427. The van der Waals surface area contributed by atoms with E-state index < -0.39 is 21.3 Å². The maximum Gasteiger partial charge on any atom is 0.263 e. The summed E-state index contributed by atoms with van der Waals surface area (Å²) in [5, 5.41) is 11.8. The molecule has 7 heteroatoms. The number of sulfone groups is 1. The van der Waals surface area contributed by atoms with Gasteiger partial charge in [0, 0.05) is 24.8 Å². The molecular formula is C13H21N3O3S. The van der Waals surface area contributed by atoms with Crippen LogP contribution in [0.5, 0.6) is 0 Å². The quantitative estimate of drug-likeness (QED) is 0.603. The van der Waals surface area contributed by atoms with E-state index in [4.69, 9.17) is 5.26 Å². The molecule has 0 aliphatic carbocycles. The summed E-state index contributed by atoms with van der Waals surface area (Å²) >= 11 is 0. The monoisotopic (exact) mass is 299 g/mol. The van der Waals surface area contributed by atoms with Gasteiger partial charge in [-0.25, -0.2) is 8.42 Å². The van der Waals surface area contributed by atoms with E-state index in [2.05, 4.69) is 5.32 Å². The standard InChI is InChI=1S/C13H21N3O3S/c1-13(2,3)15-12(17)10(7-14)8-16(4)11-5-6-20(18,19)9-11/h8,11H,5-6,9H2,1-4H3,(H,15,17)/b10-8-. The maximum atomic E-state index is 11.9. The molecule has 0 spiro atoms. The van der Waals surface area contributed by atoms with Crippen molar-refractivity contribution in [2.24, 2.45) is 0 Å². The Kier molecular flexibility index (Phi) is 4.81. The summed E-state index contributed by atoms with van der Waals surface area (Å²) in [4.78, 5) is 13.6. The van der Waals surface area contributed by atoms with E-state index in [-0.39, 0.29) is 23.1 Å². The number of carbonyl (C=O) groups is 1. The lowest BCUT2D eigenvalue weighted by Gasteiger charge is -2.23. The van der Waals surface area contributed by atoms with Crippen LogP contribution in [-0.2, 0) is 14.6 Å². The SMILES string of the molecule is CN(/C=C(/C#N)C(=O)NC(C)(C)C)C1CCS(=O)(=O)C1. The molecule has 1 fully saturated rings. The van der Waals surface area contributed by atoms with Crippen LogP contribution in [-0.4, -0.2) is 49.4 Å². The van der Waals surface area contributed by atoms with Gasteiger partial charge in [-0.05, 0) is 27.2 Å². The van der Waals surface area contributed by atoms with Crippen LogP contribution >= 0.6 is 0 Å². The molecule has 1 amide bonds. The van der Waals surface area contributed by atoms with E-state index in [1.54, 1.807) is 11.9 Å². The van der Waals surface area contributed by atoms with Crippen LogP contribution in [0, 0.1) is 11.3 Å². The van der Waals surface area contributed by atoms with Crippen molar-refractivity contribution >= 4 is 15.7 Å². The second kappa shape index (κ2) is 5.83. The van der Waals surface area contributed by atoms with Crippen molar-refractivity contribution < 1.29 is 13.2 Å². The maximum absolute atomic E-state index is 11.9. The highest BCUT2D eigenvalue weighted by Gasteiger charge is 2.30. The highest BCUT2D eigenvalue weighted by molar-refractivity contribution is 7.91. The van der Waals surface area contributed by atoms with Gasteiger partial charge in [0.05, 0.1) is 11.5 Å². The number of nitriles is 1.